The summed E-state index contributed by atoms with van der Waals surface area (Å²) in [7, 11) is 0. The largest absolute Gasteiger partial charge is 0.455 e. The Morgan fingerprint density at radius 3 is 2.59 bits per heavy atom. The van der Waals surface area contributed by atoms with Crippen LogP contribution in [0.4, 0.5) is 0 Å². The normalized spacial score (nSPS) is 22.4. The van der Waals surface area contributed by atoms with E-state index >= 15 is 0 Å². The van der Waals surface area contributed by atoms with E-state index in [-0.39, 0.29) is 12.5 Å². The van der Waals surface area contributed by atoms with Crippen LogP contribution in [0.3, 0.4) is 0 Å². The van der Waals surface area contributed by atoms with Crippen LogP contribution in [0.15, 0.2) is 28.8 Å². The molecule has 1 saturated carbocycles. The number of nitrogens with zero attached hydrogens (tertiary/aromatic N) is 2. The van der Waals surface area contributed by atoms with E-state index in [1.54, 1.807) is 31.2 Å². The maximum Gasteiger partial charge on any atom is 0.315 e. The maximum atomic E-state index is 11.9. The standard InChI is InChI=1S/C14H11Cl3N2O3/c1-13(7-14(13,16)17)12(20)21-6-10-18-11(19-22-10)8-2-4-9(15)5-3-8/h2-5H,6-7H2,1H3/t13-/m1/s1. The molecule has 1 atom stereocenters. The van der Waals surface area contributed by atoms with Gasteiger partial charge in [0.1, 0.15) is 9.75 Å². The zero-order valence-corrected chi connectivity index (χ0v) is 13.7. The van der Waals surface area contributed by atoms with E-state index in [0.717, 1.165) is 5.56 Å². The molecule has 1 aromatic heterocycles. The molecule has 0 saturated heterocycles. The molecular formula is C14H11Cl3N2O3. The smallest absolute Gasteiger partial charge is 0.315 e. The average molecular weight is 362 g/mol. The van der Waals surface area contributed by atoms with Crippen molar-refractivity contribution in [1.29, 1.82) is 0 Å². The molecule has 0 aliphatic heterocycles. The first-order valence-corrected chi connectivity index (χ1v) is 7.59. The summed E-state index contributed by atoms with van der Waals surface area (Å²) >= 11 is 17.7. The molecule has 0 radical (unpaired) electrons. The molecule has 3 rings (SSSR count). The molecule has 1 aliphatic rings. The molecule has 22 heavy (non-hydrogen) atoms. The van der Waals surface area contributed by atoms with E-state index in [1.807, 2.05) is 0 Å². The molecule has 0 N–H and O–H groups in total. The van der Waals surface area contributed by atoms with E-state index in [4.69, 9.17) is 44.1 Å². The van der Waals surface area contributed by atoms with Crippen LogP contribution in [0.5, 0.6) is 0 Å². The number of carbonyl (C=O) groups excluding carboxylic acids is 1. The SMILES string of the molecule is C[C@]1(C(=O)OCc2nc(-c3ccc(Cl)cc3)no2)CC1(Cl)Cl. The van der Waals surface area contributed by atoms with Crippen LogP contribution >= 0.6 is 34.8 Å². The second-order valence-electron chi connectivity index (χ2n) is 5.31. The summed E-state index contributed by atoms with van der Waals surface area (Å²) < 4.78 is 9.12. The molecule has 0 bridgehead atoms. The van der Waals surface area contributed by atoms with Gasteiger partial charge in [-0.2, -0.15) is 4.98 Å². The molecule has 1 aliphatic carbocycles. The number of esters is 1. The monoisotopic (exact) mass is 360 g/mol. The van der Waals surface area contributed by atoms with Crippen LogP contribution < -0.4 is 0 Å². The average Bonchev–Trinajstić information content (AvgIpc) is 2.84. The minimum Gasteiger partial charge on any atom is -0.455 e. The maximum absolute atomic E-state index is 11.9. The van der Waals surface area contributed by atoms with Crippen molar-refractivity contribution in [1.82, 2.24) is 10.1 Å². The zero-order valence-electron chi connectivity index (χ0n) is 11.5. The summed E-state index contributed by atoms with van der Waals surface area (Å²) in [4.78, 5) is 16.1. The van der Waals surface area contributed by atoms with E-state index in [1.165, 1.54) is 0 Å². The van der Waals surface area contributed by atoms with Gasteiger partial charge >= 0.3 is 5.97 Å². The molecule has 2 aromatic rings. The number of hydrogen-bond acceptors (Lipinski definition) is 5. The number of hydrogen-bond donors (Lipinski definition) is 0. The predicted molar refractivity (Wildman–Crippen MR) is 81.7 cm³/mol. The minimum atomic E-state index is -1.06. The third-order valence-corrected chi connectivity index (χ3v) is 4.96. The summed E-state index contributed by atoms with van der Waals surface area (Å²) in [6, 6.07) is 6.98. The van der Waals surface area contributed by atoms with Gasteiger partial charge in [0.05, 0.1) is 0 Å². The van der Waals surface area contributed by atoms with Gasteiger partial charge in [0, 0.05) is 17.0 Å². The fourth-order valence-corrected chi connectivity index (χ4v) is 2.75. The number of alkyl halides is 2. The summed E-state index contributed by atoms with van der Waals surface area (Å²) in [6.07, 6.45) is 0.363. The lowest BCUT2D eigenvalue weighted by Crippen LogP contribution is -2.21. The highest BCUT2D eigenvalue weighted by Crippen LogP contribution is 2.64. The number of ether oxygens (including phenoxy) is 1. The van der Waals surface area contributed by atoms with Crippen molar-refractivity contribution in [3.63, 3.8) is 0 Å². The van der Waals surface area contributed by atoms with E-state index in [2.05, 4.69) is 10.1 Å². The summed E-state index contributed by atoms with van der Waals surface area (Å²) in [5.74, 6) is 0.102. The Labute approximate surface area is 141 Å². The number of halogens is 3. The fraction of sp³-hybridized carbons (Fsp3) is 0.357. The second-order valence-corrected chi connectivity index (χ2v) is 7.23. The van der Waals surface area contributed by atoms with Crippen LogP contribution in [-0.2, 0) is 16.1 Å². The first-order valence-electron chi connectivity index (χ1n) is 6.45. The molecule has 8 heteroatoms. The zero-order chi connectivity index (χ0) is 16.0. The van der Waals surface area contributed by atoms with Gasteiger partial charge in [0.25, 0.3) is 5.89 Å². The van der Waals surface area contributed by atoms with Gasteiger partial charge in [0.15, 0.2) is 6.61 Å². The van der Waals surface area contributed by atoms with Crippen LogP contribution in [0.1, 0.15) is 19.2 Å². The predicted octanol–water partition coefficient (Wildman–Crippen LogP) is 4.02. The van der Waals surface area contributed by atoms with Gasteiger partial charge in [-0.3, -0.25) is 4.79 Å². The first kappa shape index (κ1) is 15.6. The summed E-state index contributed by atoms with van der Waals surface area (Å²) in [6.45, 7) is 1.53. The van der Waals surface area contributed by atoms with Gasteiger partial charge in [-0.25, -0.2) is 0 Å². The lowest BCUT2D eigenvalue weighted by molar-refractivity contribution is -0.151. The number of aromatic nitrogens is 2. The highest BCUT2D eigenvalue weighted by Gasteiger charge is 2.69. The van der Waals surface area contributed by atoms with Crippen molar-refractivity contribution in [2.24, 2.45) is 5.41 Å². The highest BCUT2D eigenvalue weighted by molar-refractivity contribution is 6.53. The van der Waals surface area contributed by atoms with Crippen LogP contribution in [0, 0.1) is 5.41 Å². The molecule has 0 amide bonds. The molecule has 0 unspecified atom stereocenters. The van der Waals surface area contributed by atoms with Gasteiger partial charge in [-0.05, 0) is 31.2 Å². The Bertz CT molecular complexity index is 714. The van der Waals surface area contributed by atoms with E-state index < -0.39 is 15.7 Å². The van der Waals surface area contributed by atoms with Crippen molar-refractivity contribution in [2.45, 2.75) is 24.3 Å². The molecule has 1 fully saturated rings. The molecular weight excluding hydrogens is 351 g/mol. The summed E-state index contributed by atoms with van der Waals surface area (Å²) in [5.41, 5.74) is -0.129. The van der Waals surface area contributed by atoms with Crippen LogP contribution in [0.2, 0.25) is 5.02 Å². The lowest BCUT2D eigenvalue weighted by Gasteiger charge is -2.09. The molecule has 1 aromatic carbocycles. The third kappa shape index (κ3) is 2.81. The van der Waals surface area contributed by atoms with E-state index in [9.17, 15) is 4.79 Å². The van der Waals surface area contributed by atoms with Gasteiger partial charge < -0.3 is 9.26 Å². The first-order chi connectivity index (χ1) is 10.3. The number of rotatable bonds is 4. The van der Waals surface area contributed by atoms with Crippen molar-refractivity contribution in [3.8, 4) is 11.4 Å². The Hall–Kier alpha value is -1.30. The Kier molecular flexibility index (Phi) is 3.83. The lowest BCUT2D eigenvalue weighted by atomic mass is 10.1. The number of carbonyl (C=O) groups is 1. The Balaban J connectivity index is 1.63. The molecule has 5 nitrogen and oxygen atoms in total. The summed E-state index contributed by atoms with van der Waals surface area (Å²) in [5, 5.41) is 4.44. The van der Waals surface area contributed by atoms with E-state index in [0.29, 0.717) is 17.3 Å². The van der Waals surface area contributed by atoms with Crippen molar-refractivity contribution >= 4 is 40.8 Å². The fourth-order valence-electron chi connectivity index (χ4n) is 1.94. The van der Waals surface area contributed by atoms with Crippen LogP contribution in [-0.4, -0.2) is 20.4 Å². The van der Waals surface area contributed by atoms with Gasteiger partial charge in [-0.15, -0.1) is 23.2 Å². The van der Waals surface area contributed by atoms with Crippen LogP contribution in [0.25, 0.3) is 11.4 Å². The van der Waals surface area contributed by atoms with Gasteiger partial charge in [-0.1, -0.05) is 16.8 Å². The molecule has 1 heterocycles. The molecule has 116 valence electrons. The van der Waals surface area contributed by atoms with Crippen molar-refractivity contribution < 1.29 is 14.1 Å². The number of benzene rings is 1. The minimum absolute atomic E-state index is 0.126. The third-order valence-electron chi connectivity index (χ3n) is 3.61. The van der Waals surface area contributed by atoms with Crippen molar-refractivity contribution in [2.75, 3.05) is 0 Å². The van der Waals surface area contributed by atoms with Crippen molar-refractivity contribution in [3.05, 3.63) is 35.2 Å². The quantitative estimate of drug-likeness (QED) is 0.608. The Morgan fingerprint density at radius 1 is 1.36 bits per heavy atom. The molecule has 0 spiro atoms. The topological polar surface area (TPSA) is 65.2 Å². The Morgan fingerprint density at radius 2 is 2.00 bits per heavy atom. The highest BCUT2D eigenvalue weighted by atomic mass is 35.5. The second kappa shape index (κ2) is 5.41. The van der Waals surface area contributed by atoms with Gasteiger partial charge in [0.2, 0.25) is 5.82 Å².